The predicted octanol–water partition coefficient (Wildman–Crippen LogP) is 3.79. The molecule has 2 aromatic rings. The number of benzene rings is 2. The second kappa shape index (κ2) is 3.74. The van der Waals surface area contributed by atoms with Gasteiger partial charge in [-0.15, -0.1) is 0 Å². The monoisotopic (exact) mass is 245 g/mol. The number of hydrogen-bond acceptors (Lipinski definition) is 2. The highest BCUT2D eigenvalue weighted by molar-refractivity contribution is 6.36. The van der Waals surface area contributed by atoms with Gasteiger partial charge in [-0.1, -0.05) is 35.0 Å². The van der Waals surface area contributed by atoms with E-state index in [2.05, 4.69) is 11.2 Å². The van der Waals surface area contributed by atoms with Gasteiger partial charge in [-0.2, -0.15) is 0 Å². The van der Waals surface area contributed by atoms with Crippen LogP contribution in [-0.2, 0) is 12.8 Å². The second-order valence-corrected chi connectivity index (χ2v) is 4.82. The molecule has 0 unspecified atom stereocenters. The van der Waals surface area contributed by atoms with Gasteiger partial charge in [-0.05, 0) is 42.3 Å². The molecule has 0 saturated heterocycles. The molecule has 2 nitrogen and oxygen atoms in total. The summed E-state index contributed by atoms with van der Waals surface area (Å²) in [5.74, 6) is 0. The fourth-order valence-corrected chi connectivity index (χ4v) is 2.95. The Morgan fingerprint density at radius 2 is 2.18 bits per heavy atom. The second-order valence-electron chi connectivity index (χ2n) is 4.41. The molecular weight excluding hydrogens is 234 g/mol. The number of nitrogens with zero attached hydrogens (tertiary/aromatic N) is 1. The summed E-state index contributed by atoms with van der Waals surface area (Å²) in [4.78, 5) is 0. The SMILES string of the molecule is C/C(=N\O)c1cc(Cl)c2cccc3c2c1CC3. The van der Waals surface area contributed by atoms with Gasteiger partial charge in [0.05, 0.1) is 5.71 Å². The zero-order chi connectivity index (χ0) is 12.0. The fraction of sp³-hybridized carbons (Fsp3) is 0.214. The van der Waals surface area contributed by atoms with Crippen LogP contribution in [0.5, 0.6) is 0 Å². The van der Waals surface area contributed by atoms with Gasteiger partial charge in [0.15, 0.2) is 0 Å². The van der Waals surface area contributed by atoms with Gasteiger partial charge in [0, 0.05) is 16.0 Å². The molecule has 0 aliphatic heterocycles. The van der Waals surface area contributed by atoms with Crippen LogP contribution < -0.4 is 0 Å². The van der Waals surface area contributed by atoms with E-state index >= 15 is 0 Å². The highest BCUT2D eigenvalue weighted by atomic mass is 35.5. The molecule has 86 valence electrons. The predicted molar refractivity (Wildman–Crippen MR) is 70.4 cm³/mol. The summed E-state index contributed by atoms with van der Waals surface area (Å²) in [5, 5.41) is 15.3. The van der Waals surface area contributed by atoms with Gasteiger partial charge in [-0.25, -0.2) is 0 Å². The highest BCUT2D eigenvalue weighted by Crippen LogP contribution is 2.37. The van der Waals surface area contributed by atoms with E-state index < -0.39 is 0 Å². The lowest BCUT2D eigenvalue weighted by Crippen LogP contribution is -2.00. The smallest absolute Gasteiger partial charge is 0.0840 e. The van der Waals surface area contributed by atoms with Gasteiger partial charge in [0.25, 0.3) is 0 Å². The van der Waals surface area contributed by atoms with Crippen molar-refractivity contribution < 1.29 is 5.21 Å². The number of halogens is 1. The van der Waals surface area contributed by atoms with Crippen LogP contribution in [-0.4, -0.2) is 10.9 Å². The van der Waals surface area contributed by atoms with Crippen LogP contribution in [0.1, 0.15) is 23.6 Å². The van der Waals surface area contributed by atoms with Crippen LogP contribution in [0.3, 0.4) is 0 Å². The Balaban J connectivity index is 2.45. The Morgan fingerprint density at radius 1 is 1.35 bits per heavy atom. The molecule has 3 heteroatoms. The summed E-state index contributed by atoms with van der Waals surface area (Å²) >= 11 is 6.30. The Hall–Kier alpha value is -1.54. The molecule has 0 atom stereocenters. The number of aryl methyl sites for hydroxylation is 2. The lowest BCUT2D eigenvalue weighted by Gasteiger charge is -2.09. The fourth-order valence-electron chi connectivity index (χ4n) is 2.69. The van der Waals surface area contributed by atoms with E-state index in [-0.39, 0.29) is 0 Å². The van der Waals surface area contributed by atoms with Crippen molar-refractivity contribution in [2.24, 2.45) is 5.16 Å². The minimum atomic E-state index is 0.625. The lowest BCUT2D eigenvalue weighted by atomic mass is 9.98. The Labute approximate surface area is 105 Å². The normalized spacial score (nSPS) is 14.6. The summed E-state index contributed by atoms with van der Waals surface area (Å²) in [7, 11) is 0. The van der Waals surface area contributed by atoms with Gasteiger partial charge < -0.3 is 5.21 Å². The van der Waals surface area contributed by atoms with Crippen molar-refractivity contribution in [3.63, 3.8) is 0 Å². The Morgan fingerprint density at radius 3 is 2.94 bits per heavy atom. The largest absolute Gasteiger partial charge is 0.411 e. The molecule has 1 aliphatic carbocycles. The summed E-state index contributed by atoms with van der Waals surface area (Å²) in [5.41, 5.74) is 4.19. The van der Waals surface area contributed by atoms with Gasteiger partial charge >= 0.3 is 0 Å². The van der Waals surface area contributed by atoms with Crippen LogP contribution in [0.15, 0.2) is 29.4 Å². The van der Waals surface area contributed by atoms with Crippen molar-refractivity contribution in [1.29, 1.82) is 0 Å². The van der Waals surface area contributed by atoms with Crippen molar-refractivity contribution in [3.8, 4) is 0 Å². The van der Waals surface area contributed by atoms with Gasteiger partial charge in [-0.3, -0.25) is 0 Å². The molecule has 0 saturated carbocycles. The average molecular weight is 246 g/mol. The average Bonchev–Trinajstić information content (AvgIpc) is 2.78. The molecule has 0 fully saturated rings. The van der Waals surface area contributed by atoms with Crippen LogP contribution >= 0.6 is 11.6 Å². The van der Waals surface area contributed by atoms with E-state index in [1.165, 1.54) is 16.5 Å². The first kappa shape index (κ1) is 10.6. The molecule has 1 N–H and O–H groups in total. The molecule has 0 radical (unpaired) electrons. The topological polar surface area (TPSA) is 32.6 Å². The lowest BCUT2D eigenvalue weighted by molar-refractivity contribution is 0.319. The third-order valence-corrected chi connectivity index (χ3v) is 3.80. The van der Waals surface area contributed by atoms with E-state index in [1.807, 2.05) is 18.2 Å². The van der Waals surface area contributed by atoms with Crippen LogP contribution in [0.2, 0.25) is 5.02 Å². The first-order chi connectivity index (χ1) is 8.22. The van der Waals surface area contributed by atoms with Crippen molar-refractivity contribution in [2.75, 3.05) is 0 Å². The molecule has 0 amide bonds. The van der Waals surface area contributed by atoms with Crippen LogP contribution in [0.4, 0.5) is 0 Å². The molecule has 0 aromatic heterocycles. The van der Waals surface area contributed by atoms with Crippen molar-refractivity contribution in [2.45, 2.75) is 19.8 Å². The highest BCUT2D eigenvalue weighted by Gasteiger charge is 2.20. The van der Waals surface area contributed by atoms with E-state index in [9.17, 15) is 0 Å². The minimum Gasteiger partial charge on any atom is -0.411 e. The molecular formula is C14H12ClNO. The standard InChI is InChI=1S/C14H12ClNO/c1-8(16-17)12-7-13(15)11-4-2-3-9-5-6-10(12)14(9)11/h2-4,7,17H,5-6H2,1H3/b16-8+. The molecule has 2 aromatic carbocycles. The molecule has 17 heavy (non-hydrogen) atoms. The van der Waals surface area contributed by atoms with E-state index in [1.54, 1.807) is 6.92 Å². The third kappa shape index (κ3) is 1.44. The van der Waals surface area contributed by atoms with E-state index in [0.29, 0.717) is 5.71 Å². The first-order valence-electron chi connectivity index (χ1n) is 5.64. The van der Waals surface area contributed by atoms with Crippen molar-refractivity contribution in [1.82, 2.24) is 0 Å². The molecule has 3 rings (SSSR count). The molecule has 0 spiro atoms. The van der Waals surface area contributed by atoms with Crippen LogP contribution in [0.25, 0.3) is 10.8 Å². The maximum Gasteiger partial charge on any atom is 0.0840 e. The molecule has 0 bridgehead atoms. The van der Waals surface area contributed by atoms with Crippen LogP contribution in [0, 0.1) is 0 Å². The number of rotatable bonds is 1. The number of oxime groups is 1. The summed E-state index contributed by atoms with van der Waals surface area (Å²) < 4.78 is 0. The van der Waals surface area contributed by atoms with Crippen molar-refractivity contribution in [3.05, 3.63) is 46.0 Å². The summed E-state index contributed by atoms with van der Waals surface area (Å²) in [6.45, 7) is 1.80. The first-order valence-corrected chi connectivity index (χ1v) is 6.02. The Kier molecular flexibility index (Phi) is 2.33. The van der Waals surface area contributed by atoms with Crippen molar-refractivity contribution >= 4 is 28.1 Å². The maximum absolute atomic E-state index is 8.93. The van der Waals surface area contributed by atoms with E-state index in [4.69, 9.17) is 16.8 Å². The zero-order valence-electron chi connectivity index (χ0n) is 9.50. The molecule has 0 heterocycles. The quantitative estimate of drug-likeness (QED) is 0.463. The minimum absolute atomic E-state index is 0.625. The zero-order valence-corrected chi connectivity index (χ0v) is 10.3. The maximum atomic E-state index is 8.93. The number of hydrogen-bond donors (Lipinski definition) is 1. The van der Waals surface area contributed by atoms with Gasteiger partial charge in [0.2, 0.25) is 0 Å². The molecule has 1 aliphatic rings. The van der Waals surface area contributed by atoms with E-state index in [0.717, 1.165) is 28.8 Å². The third-order valence-electron chi connectivity index (χ3n) is 3.49. The summed E-state index contributed by atoms with van der Waals surface area (Å²) in [6.07, 6.45) is 2.04. The summed E-state index contributed by atoms with van der Waals surface area (Å²) in [6, 6.07) is 8.14. The van der Waals surface area contributed by atoms with Gasteiger partial charge in [0.1, 0.15) is 0 Å². The Bertz CT molecular complexity index is 646.